The first-order valence-electron chi connectivity index (χ1n) is 4.33. The molecule has 1 aromatic heterocycles. The molecule has 0 unspecified atom stereocenters. The van der Waals surface area contributed by atoms with Gasteiger partial charge in [-0.05, 0) is 0 Å². The summed E-state index contributed by atoms with van der Waals surface area (Å²) in [4.78, 5) is 3.94. The lowest BCUT2D eigenvalue weighted by atomic mass is 10.2. The Kier molecular flexibility index (Phi) is 1.98. The van der Waals surface area contributed by atoms with Crippen molar-refractivity contribution in [2.75, 3.05) is 0 Å². The van der Waals surface area contributed by atoms with Gasteiger partial charge in [-0.15, -0.1) is 0 Å². The van der Waals surface area contributed by atoms with Crippen molar-refractivity contribution in [2.45, 2.75) is 19.8 Å². The number of aromatic nitrogens is 1. The zero-order chi connectivity index (χ0) is 10.3. The van der Waals surface area contributed by atoms with Crippen molar-refractivity contribution in [2.24, 2.45) is 0 Å². The molecular weight excluding hydrogens is 188 g/mol. The lowest BCUT2D eigenvalue weighted by molar-refractivity contribution is 0.499. The molecule has 0 amide bonds. The lowest BCUT2D eigenvalue weighted by Crippen LogP contribution is -1.86. The summed E-state index contributed by atoms with van der Waals surface area (Å²) in [6.45, 7) is 3.75. The number of hydrogen-bond donors (Lipinski definition) is 0. The van der Waals surface area contributed by atoms with E-state index in [0.717, 1.165) is 12.1 Å². The first-order valence-corrected chi connectivity index (χ1v) is 4.33. The summed E-state index contributed by atoms with van der Waals surface area (Å²) < 4.78 is 31.1. The fraction of sp³-hybridized carbons (Fsp3) is 0.300. The Hall–Kier alpha value is -1.45. The Morgan fingerprint density at radius 3 is 2.64 bits per heavy atom. The molecule has 0 aliphatic carbocycles. The summed E-state index contributed by atoms with van der Waals surface area (Å²) in [7, 11) is 0. The first kappa shape index (κ1) is 9.12. The Morgan fingerprint density at radius 2 is 2.00 bits per heavy atom. The number of nitrogens with zero attached hydrogens (tertiary/aromatic N) is 1. The van der Waals surface area contributed by atoms with Crippen LogP contribution in [0.5, 0.6) is 0 Å². The van der Waals surface area contributed by atoms with Gasteiger partial charge in [0.1, 0.15) is 11.3 Å². The molecular formula is C10H9F2NO. The SMILES string of the molecule is CC(C)c1nc2c(F)cc(F)cc2o1. The largest absolute Gasteiger partial charge is 0.440 e. The van der Waals surface area contributed by atoms with E-state index < -0.39 is 11.6 Å². The molecule has 2 aromatic rings. The predicted molar refractivity (Wildman–Crippen MR) is 48.0 cm³/mol. The van der Waals surface area contributed by atoms with Gasteiger partial charge in [0.2, 0.25) is 0 Å². The molecule has 0 aliphatic heterocycles. The number of fused-ring (bicyclic) bond motifs is 1. The van der Waals surface area contributed by atoms with Crippen molar-refractivity contribution in [3.63, 3.8) is 0 Å². The molecule has 2 rings (SSSR count). The average Bonchev–Trinajstić information content (AvgIpc) is 2.47. The van der Waals surface area contributed by atoms with Crippen molar-refractivity contribution >= 4 is 11.1 Å². The smallest absolute Gasteiger partial charge is 0.198 e. The molecule has 74 valence electrons. The van der Waals surface area contributed by atoms with Gasteiger partial charge in [0, 0.05) is 18.1 Å². The average molecular weight is 197 g/mol. The Labute approximate surface area is 79.6 Å². The summed E-state index contributed by atoms with van der Waals surface area (Å²) in [5.41, 5.74) is 0.251. The molecule has 0 saturated carbocycles. The molecule has 0 aliphatic rings. The molecule has 0 bridgehead atoms. The van der Waals surface area contributed by atoms with Crippen LogP contribution in [0.4, 0.5) is 8.78 Å². The van der Waals surface area contributed by atoms with Gasteiger partial charge in [0.05, 0.1) is 0 Å². The van der Waals surface area contributed by atoms with E-state index in [2.05, 4.69) is 4.98 Å². The monoisotopic (exact) mass is 197 g/mol. The molecule has 4 heteroatoms. The molecule has 0 N–H and O–H groups in total. The van der Waals surface area contributed by atoms with Crippen LogP contribution in [-0.2, 0) is 0 Å². The van der Waals surface area contributed by atoms with Crippen LogP contribution in [0.3, 0.4) is 0 Å². The van der Waals surface area contributed by atoms with Crippen LogP contribution in [0, 0.1) is 11.6 Å². The molecule has 2 nitrogen and oxygen atoms in total. The van der Waals surface area contributed by atoms with Crippen molar-refractivity contribution < 1.29 is 13.2 Å². The van der Waals surface area contributed by atoms with Crippen LogP contribution in [0.2, 0.25) is 0 Å². The maximum atomic E-state index is 13.2. The van der Waals surface area contributed by atoms with Crippen molar-refractivity contribution in [3.8, 4) is 0 Å². The van der Waals surface area contributed by atoms with Gasteiger partial charge in [0.25, 0.3) is 0 Å². The fourth-order valence-electron chi connectivity index (χ4n) is 1.22. The molecule has 0 radical (unpaired) electrons. The summed E-state index contributed by atoms with van der Waals surface area (Å²) >= 11 is 0. The minimum atomic E-state index is -0.685. The molecule has 1 aromatic carbocycles. The highest BCUT2D eigenvalue weighted by atomic mass is 19.1. The van der Waals surface area contributed by atoms with Gasteiger partial charge in [0.15, 0.2) is 17.3 Å². The highest BCUT2D eigenvalue weighted by Gasteiger charge is 2.13. The Morgan fingerprint density at radius 1 is 1.29 bits per heavy atom. The van der Waals surface area contributed by atoms with Gasteiger partial charge < -0.3 is 4.42 Å². The predicted octanol–water partition coefficient (Wildman–Crippen LogP) is 3.23. The van der Waals surface area contributed by atoms with Crippen LogP contribution in [0.25, 0.3) is 11.1 Å². The minimum Gasteiger partial charge on any atom is -0.440 e. The maximum Gasteiger partial charge on any atom is 0.198 e. The third-order valence-corrected chi connectivity index (χ3v) is 1.92. The van der Waals surface area contributed by atoms with Crippen LogP contribution in [-0.4, -0.2) is 4.98 Å². The van der Waals surface area contributed by atoms with Gasteiger partial charge in [-0.1, -0.05) is 13.8 Å². The zero-order valence-corrected chi connectivity index (χ0v) is 7.84. The minimum absolute atomic E-state index is 0.0601. The zero-order valence-electron chi connectivity index (χ0n) is 7.84. The van der Waals surface area contributed by atoms with Crippen LogP contribution < -0.4 is 0 Å². The van der Waals surface area contributed by atoms with E-state index in [1.54, 1.807) is 0 Å². The maximum absolute atomic E-state index is 13.2. The van der Waals surface area contributed by atoms with E-state index in [9.17, 15) is 8.78 Å². The third kappa shape index (κ3) is 1.36. The van der Waals surface area contributed by atoms with Crippen molar-refractivity contribution in [3.05, 3.63) is 29.7 Å². The number of rotatable bonds is 1. The normalized spacial score (nSPS) is 11.5. The highest BCUT2D eigenvalue weighted by molar-refractivity contribution is 5.73. The third-order valence-electron chi connectivity index (χ3n) is 1.92. The second kappa shape index (κ2) is 3.04. The first-order chi connectivity index (χ1) is 6.58. The molecule has 0 spiro atoms. The molecule has 14 heavy (non-hydrogen) atoms. The summed E-state index contributed by atoms with van der Waals surface area (Å²) in [5.74, 6) is -0.855. The van der Waals surface area contributed by atoms with E-state index in [1.807, 2.05) is 13.8 Å². The quantitative estimate of drug-likeness (QED) is 0.701. The van der Waals surface area contributed by atoms with E-state index in [-0.39, 0.29) is 17.0 Å². The highest BCUT2D eigenvalue weighted by Crippen LogP contribution is 2.23. The van der Waals surface area contributed by atoms with Crippen LogP contribution in [0.1, 0.15) is 25.7 Å². The van der Waals surface area contributed by atoms with Gasteiger partial charge in [-0.2, -0.15) is 0 Å². The van der Waals surface area contributed by atoms with Gasteiger partial charge in [-0.3, -0.25) is 0 Å². The second-order valence-corrected chi connectivity index (χ2v) is 3.44. The van der Waals surface area contributed by atoms with Gasteiger partial charge >= 0.3 is 0 Å². The summed E-state index contributed by atoms with van der Waals surface area (Å²) in [5, 5.41) is 0. The summed E-state index contributed by atoms with van der Waals surface area (Å²) in [6, 6.07) is 1.94. The molecule has 0 fully saturated rings. The fourth-order valence-corrected chi connectivity index (χ4v) is 1.22. The Balaban J connectivity index is 2.70. The van der Waals surface area contributed by atoms with E-state index >= 15 is 0 Å². The van der Waals surface area contributed by atoms with Crippen LogP contribution >= 0.6 is 0 Å². The summed E-state index contributed by atoms with van der Waals surface area (Å²) in [6.07, 6.45) is 0. The van der Waals surface area contributed by atoms with Gasteiger partial charge in [-0.25, -0.2) is 13.8 Å². The number of benzene rings is 1. The number of halogens is 2. The van der Waals surface area contributed by atoms with E-state index in [1.165, 1.54) is 0 Å². The number of oxazole rings is 1. The molecule has 0 saturated heterocycles. The molecule has 1 heterocycles. The Bertz CT molecular complexity index is 476. The van der Waals surface area contributed by atoms with Crippen molar-refractivity contribution in [1.82, 2.24) is 4.98 Å². The lowest BCUT2D eigenvalue weighted by Gasteiger charge is -1.93. The van der Waals surface area contributed by atoms with E-state index in [0.29, 0.717) is 5.89 Å². The van der Waals surface area contributed by atoms with Crippen molar-refractivity contribution in [1.29, 1.82) is 0 Å². The standard InChI is InChI=1S/C10H9F2NO/c1-5(2)10-13-9-7(12)3-6(11)4-8(9)14-10/h3-5H,1-2H3. The molecule has 0 atom stereocenters. The topological polar surface area (TPSA) is 26.0 Å². The van der Waals surface area contributed by atoms with Crippen LogP contribution in [0.15, 0.2) is 16.5 Å². The second-order valence-electron chi connectivity index (χ2n) is 3.44. The van der Waals surface area contributed by atoms with E-state index in [4.69, 9.17) is 4.42 Å². The number of hydrogen-bond acceptors (Lipinski definition) is 2.